The van der Waals surface area contributed by atoms with Crippen molar-refractivity contribution in [3.8, 4) is 40.1 Å². The third-order valence-corrected chi connectivity index (χ3v) is 12.5. The number of amides is 5. The van der Waals surface area contributed by atoms with E-state index in [-0.39, 0.29) is 63.2 Å². The molecule has 10 N–H and O–H groups in total. The first kappa shape index (κ1) is 50.5. The summed E-state index contributed by atoms with van der Waals surface area (Å²) in [6.07, 6.45) is 3.18. The van der Waals surface area contributed by atoms with Crippen LogP contribution in [0, 0.1) is 25.2 Å². The Hall–Kier alpha value is -6.94. The van der Waals surface area contributed by atoms with Crippen LogP contribution < -0.4 is 47.9 Å². The molecule has 18 nitrogen and oxygen atoms in total. The number of fused-ring (bicyclic) bond motifs is 6. The van der Waals surface area contributed by atoms with Crippen LogP contribution in [-0.4, -0.2) is 109 Å². The molecule has 6 rings (SSSR count). The Labute approximate surface area is 397 Å². The second-order valence-corrected chi connectivity index (χ2v) is 17.9. The summed E-state index contributed by atoms with van der Waals surface area (Å²) in [6, 6.07) is 13.4. The van der Waals surface area contributed by atoms with Gasteiger partial charge >= 0.3 is 0 Å². The second-order valence-electron chi connectivity index (χ2n) is 17.9. The van der Waals surface area contributed by atoms with Crippen LogP contribution in [-0.2, 0) is 37.4 Å². The lowest BCUT2D eigenvalue weighted by molar-refractivity contribution is -0.141. The van der Waals surface area contributed by atoms with Crippen molar-refractivity contribution in [2.24, 2.45) is 17.2 Å². The summed E-state index contributed by atoms with van der Waals surface area (Å²) in [4.78, 5) is 81.5. The minimum atomic E-state index is -1.40. The molecule has 0 fully saturated rings. The average molecular weight is 930 g/mol. The lowest BCUT2D eigenvalue weighted by Crippen LogP contribution is -2.56. The third-order valence-electron chi connectivity index (χ3n) is 12.5. The molecule has 18 heteroatoms. The maximum Gasteiger partial charge on any atom is 0.255 e. The molecule has 1 aliphatic heterocycles. The first-order valence-electron chi connectivity index (χ1n) is 23.0. The fraction of sp³-hybridized carbons (Fsp3) is 0.440. The summed E-state index contributed by atoms with van der Waals surface area (Å²) in [5, 5.41) is 20.0. The summed E-state index contributed by atoms with van der Waals surface area (Å²) in [5.41, 5.74) is 24.2. The molecule has 0 saturated carbocycles. The van der Waals surface area contributed by atoms with Crippen molar-refractivity contribution in [3.63, 3.8) is 0 Å². The lowest BCUT2D eigenvalue weighted by Gasteiger charge is -2.33. The number of nitrogens with two attached hydrogens (primary N) is 3. The van der Waals surface area contributed by atoms with Crippen LogP contribution >= 0.6 is 0 Å². The van der Waals surface area contributed by atoms with Crippen molar-refractivity contribution in [1.82, 2.24) is 36.1 Å². The highest BCUT2D eigenvalue weighted by molar-refractivity contribution is 6.00. The number of benzene rings is 3. The summed E-state index contributed by atoms with van der Waals surface area (Å²) in [7, 11) is 1.43. The topological polar surface area (TPSA) is 283 Å². The van der Waals surface area contributed by atoms with Crippen molar-refractivity contribution in [1.29, 1.82) is 5.26 Å². The van der Waals surface area contributed by atoms with Crippen LogP contribution in [0.25, 0.3) is 22.5 Å². The van der Waals surface area contributed by atoms with E-state index >= 15 is 0 Å². The Morgan fingerprint density at radius 3 is 2.22 bits per heavy atom. The van der Waals surface area contributed by atoms with Gasteiger partial charge in [0.05, 0.1) is 23.0 Å². The van der Waals surface area contributed by atoms with E-state index in [4.69, 9.17) is 36.6 Å². The van der Waals surface area contributed by atoms with Gasteiger partial charge in [-0.05, 0) is 111 Å². The third kappa shape index (κ3) is 11.4. The van der Waals surface area contributed by atoms with E-state index < -0.39 is 53.7 Å². The minimum absolute atomic E-state index is 0.00317. The molecule has 0 saturated heterocycles. The van der Waals surface area contributed by atoms with Gasteiger partial charge in [0.15, 0.2) is 5.82 Å². The molecule has 5 amide bonds. The highest BCUT2D eigenvalue weighted by Crippen LogP contribution is 2.41. The molecule has 4 atom stereocenters. The van der Waals surface area contributed by atoms with Crippen molar-refractivity contribution < 1.29 is 33.4 Å². The number of likely N-dealkylation sites (N-methyl/N-ethyl adjacent to an activating group) is 1. The van der Waals surface area contributed by atoms with Crippen molar-refractivity contribution in [3.05, 3.63) is 93.8 Å². The molecule has 1 aliphatic carbocycles. The summed E-state index contributed by atoms with van der Waals surface area (Å²) in [6.45, 7) is 9.77. The van der Waals surface area contributed by atoms with Crippen LogP contribution in [0.2, 0.25) is 0 Å². The fourth-order valence-electron chi connectivity index (χ4n) is 8.99. The van der Waals surface area contributed by atoms with E-state index in [1.807, 2.05) is 12.1 Å². The highest BCUT2D eigenvalue weighted by atomic mass is 16.5. The fourth-order valence-corrected chi connectivity index (χ4v) is 8.99. The highest BCUT2D eigenvalue weighted by Gasteiger charge is 2.37. The van der Waals surface area contributed by atoms with Gasteiger partial charge in [0.2, 0.25) is 23.6 Å². The quantitative estimate of drug-likeness (QED) is 0.0846. The van der Waals surface area contributed by atoms with Gasteiger partial charge in [-0.3, -0.25) is 24.0 Å². The van der Waals surface area contributed by atoms with Crippen molar-refractivity contribution in [2.75, 3.05) is 46.4 Å². The molecule has 4 unspecified atom stereocenters. The predicted molar refractivity (Wildman–Crippen MR) is 256 cm³/mol. The largest absolute Gasteiger partial charge is 0.492 e. The molecule has 0 radical (unpaired) electrons. The normalized spacial score (nSPS) is 18.0. The van der Waals surface area contributed by atoms with Crippen LogP contribution in [0.1, 0.15) is 90.1 Å². The smallest absolute Gasteiger partial charge is 0.255 e. The first-order valence-corrected chi connectivity index (χ1v) is 23.0. The number of rotatable bonds is 15. The molecule has 68 heavy (non-hydrogen) atoms. The van der Waals surface area contributed by atoms with Gasteiger partial charge in [-0.1, -0.05) is 38.1 Å². The van der Waals surface area contributed by atoms with Crippen LogP contribution in [0.3, 0.4) is 0 Å². The van der Waals surface area contributed by atoms with E-state index in [1.165, 1.54) is 30.0 Å². The Morgan fingerprint density at radius 2 is 1.57 bits per heavy atom. The van der Waals surface area contributed by atoms with Crippen LogP contribution in [0.5, 0.6) is 11.5 Å². The predicted octanol–water partition coefficient (Wildman–Crippen LogP) is 2.55. The zero-order chi connectivity index (χ0) is 49.3. The van der Waals surface area contributed by atoms with Crippen molar-refractivity contribution >= 4 is 29.5 Å². The summed E-state index contributed by atoms with van der Waals surface area (Å²) >= 11 is 0. The number of nitriles is 1. The average Bonchev–Trinajstić information content (AvgIpc) is 3.30. The Kier molecular flexibility index (Phi) is 16.5. The number of hydrogen-bond acceptors (Lipinski definition) is 13. The number of aryl methyl sites for hydroxylation is 3. The number of carbonyl (C=O) groups is 5. The van der Waals surface area contributed by atoms with E-state index in [0.717, 1.165) is 24.8 Å². The number of carbonyl (C=O) groups excluding carboxylic acids is 5. The van der Waals surface area contributed by atoms with Gasteiger partial charge in [-0.15, -0.1) is 0 Å². The van der Waals surface area contributed by atoms with Crippen LogP contribution in [0.4, 0.5) is 0 Å². The Balaban J connectivity index is 1.38. The number of ether oxygens (including phenoxy) is 2. The Bertz CT molecular complexity index is 2570. The zero-order valence-corrected chi connectivity index (χ0v) is 39.7. The molecule has 2 heterocycles. The molecule has 1 aromatic heterocycles. The molecule has 0 spiro atoms. The van der Waals surface area contributed by atoms with Gasteiger partial charge in [0.1, 0.15) is 55.4 Å². The lowest BCUT2D eigenvalue weighted by atomic mass is 9.72. The van der Waals surface area contributed by atoms with Gasteiger partial charge in [0.25, 0.3) is 5.91 Å². The maximum atomic E-state index is 14.8. The molecule has 360 valence electrons. The standard InChI is InChI=1S/C50H63N11O7/c1-28-42(29(2)57-44(56-28)34-10-12-37-32(26-34)8-7-16-50(37,4)5)47(64)59-38(15-17-51)49(66)61(6)43-33-11-14-41(68-23-20-54)36(27-33)35-24-31(9-13-40(35)67-22-19-53)25-39(46(63)55-21-18-52)60-45(62)30(3)58-48(43)65/h9-14,24,26-27,30,38-39,43H,7-8,15-17,19-23,25,51,53-54H2,1-6H3,(H,55,63)(H,58,65)(H,59,64)(H,60,62). The molecular formula is C50H63N11O7. The van der Waals surface area contributed by atoms with E-state index in [0.29, 0.717) is 51.0 Å². The molecule has 4 bridgehead atoms. The van der Waals surface area contributed by atoms with Crippen LogP contribution in [0.15, 0.2) is 54.6 Å². The van der Waals surface area contributed by atoms with Crippen molar-refractivity contribution in [2.45, 2.75) is 96.3 Å². The maximum absolute atomic E-state index is 14.8. The van der Waals surface area contributed by atoms with Gasteiger partial charge < -0.3 is 52.8 Å². The van der Waals surface area contributed by atoms with E-state index in [9.17, 15) is 29.2 Å². The first-order chi connectivity index (χ1) is 32.5. The minimum Gasteiger partial charge on any atom is -0.492 e. The van der Waals surface area contributed by atoms with E-state index in [1.54, 1.807) is 50.2 Å². The number of hydrogen-bond donors (Lipinski definition) is 7. The zero-order valence-electron chi connectivity index (χ0n) is 39.7. The van der Waals surface area contributed by atoms with E-state index in [2.05, 4.69) is 47.2 Å². The monoisotopic (exact) mass is 929 g/mol. The second kappa shape index (κ2) is 22.2. The number of nitrogens with one attached hydrogen (secondary N) is 4. The molecule has 4 aromatic rings. The van der Waals surface area contributed by atoms with Gasteiger partial charge in [0, 0.05) is 43.2 Å². The molecule has 3 aromatic carbocycles. The van der Waals surface area contributed by atoms with Gasteiger partial charge in [-0.2, -0.15) is 5.26 Å². The SMILES string of the molecule is Cc1nc(-c2ccc3c(c2)CCCC3(C)C)nc(C)c1C(=O)NC(CCN)C(=O)N(C)C1C(=O)NC(C)C(=O)NC(C(=O)NCC#N)Cc2ccc(OCCN)c(c2)-c2cc1ccc2OCCN. The van der Waals surface area contributed by atoms with Gasteiger partial charge in [-0.25, -0.2) is 9.97 Å². The summed E-state index contributed by atoms with van der Waals surface area (Å²) < 4.78 is 12.2. The summed E-state index contributed by atoms with van der Waals surface area (Å²) in [5.74, 6) is -2.05. The molecule has 2 aliphatic rings. The number of aromatic nitrogens is 2. The Morgan fingerprint density at radius 1 is 0.912 bits per heavy atom. The molecular weight excluding hydrogens is 867 g/mol. The number of nitrogens with zero attached hydrogens (tertiary/aromatic N) is 4.